The second-order valence-corrected chi connectivity index (χ2v) is 5.69. The third-order valence-corrected chi connectivity index (χ3v) is 3.15. The smallest absolute Gasteiger partial charge is 0.251 e. The summed E-state index contributed by atoms with van der Waals surface area (Å²) in [6.07, 6.45) is 1.90. The quantitative estimate of drug-likeness (QED) is 0.871. The molecule has 0 amide bonds. The highest BCUT2D eigenvalue weighted by Crippen LogP contribution is 2.17. The lowest BCUT2D eigenvalue weighted by Crippen LogP contribution is -2.32. The van der Waals surface area contributed by atoms with Gasteiger partial charge in [0.05, 0.1) is 0 Å². The zero-order chi connectivity index (χ0) is 13.3. The molecule has 0 radical (unpaired) electrons. The van der Waals surface area contributed by atoms with E-state index < -0.39 is 0 Å². The van der Waals surface area contributed by atoms with Gasteiger partial charge in [0.25, 0.3) is 5.56 Å². The lowest BCUT2D eigenvalue weighted by atomic mass is 9.96. The second-order valence-electron chi connectivity index (χ2n) is 5.69. The molecule has 0 saturated carbocycles. The van der Waals surface area contributed by atoms with Gasteiger partial charge >= 0.3 is 0 Å². The third-order valence-electron chi connectivity index (χ3n) is 3.15. The molecule has 0 aliphatic heterocycles. The van der Waals surface area contributed by atoms with E-state index >= 15 is 0 Å². The molecule has 1 aromatic carbocycles. The molecule has 0 fully saturated rings. The Morgan fingerprint density at radius 2 is 2.00 bits per heavy atom. The summed E-state index contributed by atoms with van der Waals surface area (Å²) >= 11 is 0. The predicted molar refractivity (Wildman–Crippen MR) is 75.9 cm³/mol. The molecule has 18 heavy (non-hydrogen) atoms. The normalized spacial score (nSPS) is 12.0. The molecule has 0 atom stereocenters. The number of H-pyrrole nitrogens is 1. The van der Waals surface area contributed by atoms with E-state index in [0.717, 1.165) is 29.3 Å². The Labute approximate surface area is 107 Å². The van der Waals surface area contributed by atoms with E-state index in [2.05, 4.69) is 17.1 Å². The lowest BCUT2D eigenvalue weighted by Gasteiger charge is -2.18. The Kier molecular flexibility index (Phi) is 3.26. The summed E-state index contributed by atoms with van der Waals surface area (Å²) in [5, 5.41) is 1.08. The number of hydrogen-bond acceptors (Lipinski definition) is 2. The van der Waals surface area contributed by atoms with Gasteiger partial charge in [-0.15, -0.1) is 0 Å². The van der Waals surface area contributed by atoms with Crippen molar-refractivity contribution in [1.29, 1.82) is 0 Å². The van der Waals surface area contributed by atoms with Crippen LogP contribution in [-0.4, -0.2) is 10.5 Å². The number of benzene rings is 1. The van der Waals surface area contributed by atoms with E-state index in [9.17, 15) is 4.79 Å². The molecule has 3 nitrogen and oxygen atoms in total. The van der Waals surface area contributed by atoms with Gasteiger partial charge in [0.2, 0.25) is 0 Å². The summed E-state index contributed by atoms with van der Waals surface area (Å²) in [5.41, 5.74) is 8.73. The van der Waals surface area contributed by atoms with Crippen LogP contribution in [0, 0.1) is 6.92 Å². The predicted octanol–water partition coefficient (Wildman–Crippen LogP) is 2.51. The van der Waals surface area contributed by atoms with Crippen molar-refractivity contribution in [2.24, 2.45) is 5.73 Å². The van der Waals surface area contributed by atoms with Crippen molar-refractivity contribution in [1.82, 2.24) is 4.98 Å². The van der Waals surface area contributed by atoms with E-state index in [1.165, 1.54) is 5.56 Å². The van der Waals surface area contributed by atoms with Gasteiger partial charge in [-0.3, -0.25) is 4.79 Å². The minimum absolute atomic E-state index is 0.0154. The van der Waals surface area contributed by atoms with Crippen LogP contribution in [0.15, 0.2) is 29.1 Å². The van der Waals surface area contributed by atoms with Crippen LogP contribution in [0.25, 0.3) is 10.9 Å². The Morgan fingerprint density at radius 1 is 1.28 bits per heavy atom. The van der Waals surface area contributed by atoms with Gasteiger partial charge < -0.3 is 10.7 Å². The summed E-state index contributed by atoms with van der Waals surface area (Å²) in [5.74, 6) is 0. The van der Waals surface area contributed by atoms with Crippen molar-refractivity contribution in [2.75, 3.05) is 0 Å². The SMILES string of the molecule is Cc1cc2cc(CCC(C)(C)N)ccc2[nH]c1=O. The zero-order valence-electron chi connectivity index (χ0n) is 11.2. The number of aromatic nitrogens is 1. The first-order chi connectivity index (χ1) is 8.35. The first-order valence-electron chi connectivity index (χ1n) is 6.27. The minimum atomic E-state index is -0.143. The van der Waals surface area contributed by atoms with E-state index in [-0.39, 0.29) is 11.1 Å². The number of aryl methyl sites for hydroxylation is 2. The minimum Gasteiger partial charge on any atom is -0.326 e. The summed E-state index contributed by atoms with van der Waals surface area (Å²) in [6, 6.07) is 8.09. The number of pyridine rings is 1. The van der Waals surface area contributed by atoms with Crippen LogP contribution in [0.4, 0.5) is 0 Å². The standard InChI is InChI=1S/C15H20N2O/c1-10-8-12-9-11(6-7-15(2,3)16)4-5-13(12)17-14(10)18/h4-5,8-9H,6-7,16H2,1-3H3,(H,17,18). The average Bonchev–Trinajstić information content (AvgIpc) is 2.27. The highest BCUT2D eigenvalue weighted by atomic mass is 16.1. The van der Waals surface area contributed by atoms with E-state index in [1.54, 1.807) is 0 Å². The molecule has 0 aliphatic carbocycles. The summed E-state index contributed by atoms with van der Waals surface area (Å²) in [4.78, 5) is 14.4. The average molecular weight is 244 g/mol. The van der Waals surface area contributed by atoms with Crippen molar-refractivity contribution < 1.29 is 0 Å². The molecule has 0 bridgehead atoms. The van der Waals surface area contributed by atoms with Crippen LogP contribution < -0.4 is 11.3 Å². The summed E-state index contributed by atoms with van der Waals surface area (Å²) in [7, 11) is 0. The fourth-order valence-corrected chi connectivity index (χ4v) is 1.99. The number of hydrogen-bond donors (Lipinski definition) is 2. The number of rotatable bonds is 3. The van der Waals surface area contributed by atoms with Crippen LogP contribution in [0.5, 0.6) is 0 Å². The highest BCUT2D eigenvalue weighted by Gasteiger charge is 2.10. The van der Waals surface area contributed by atoms with Gasteiger partial charge in [0.1, 0.15) is 0 Å². The van der Waals surface area contributed by atoms with Crippen LogP contribution in [0.3, 0.4) is 0 Å². The van der Waals surface area contributed by atoms with Gasteiger partial charge in [0.15, 0.2) is 0 Å². The lowest BCUT2D eigenvalue weighted by molar-refractivity contribution is 0.477. The number of aromatic amines is 1. The maximum absolute atomic E-state index is 11.5. The monoisotopic (exact) mass is 244 g/mol. The van der Waals surface area contributed by atoms with Crippen LogP contribution >= 0.6 is 0 Å². The van der Waals surface area contributed by atoms with Crippen molar-refractivity contribution >= 4 is 10.9 Å². The molecule has 2 rings (SSSR count). The molecule has 0 spiro atoms. The fraction of sp³-hybridized carbons (Fsp3) is 0.400. The van der Waals surface area contributed by atoms with Crippen molar-refractivity contribution in [2.45, 2.75) is 39.2 Å². The number of nitrogens with two attached hydrogens (primary N) is 1. The highest BCUT2D eigenvalue weighted by molar-refractivity contribution is 5.79. The Balaban J connectivity index is 2.33. The van der Waals surface area contributed by atoms with Gasteiger partial charge in [-0.2, -0.15) is 0 Å². The maximum atomic E-state index is 11.5. The van der Waals surface area contributed by atoms with E-state index in [1.807, 2.05) is 32.9 Å². The fourth-order valence-electron chi connectivity index (χ4n) is 1.99. The van der Waals surface area contributed by atoms with Gasteiger partial charge in [-0.25, -0.2) is 0 Å². The molecular weight excluding hydrogens is 224 g/mol. The van der Waals surface area contributed by atoms with Crippen LogP contribution in [0.1, 0.15) is 31.4 Å². The first-order valence-corrected chi connectivity index (χ1v) is 6.27. The molecule has 1 aromatic heterocycles. The molecule has 3 heteroatoms. The molecule has 0 aliphatic rings. The summed E-state index contributed by atoms with van der Waals surface area (Å²) < 4.78 is 0. The number of fused-ring (bicyclic) bond motifs is 1. The van der Waals surface area contributed by atoms with E-state index in [4.69, 9.17) is 5.73 Å². The molecule has 96 valence electrons. The van der Waals surface area contributed by atoms with Crippen molar-refractivity contribution in [3.05, 3.63) is 45.7 Å². The topological polar surface area (TPSA) is 58.9 Å². The van der Waals surface area contributed by atoms with Crippen LogP contribution in [-0.2, 0) is 6.42 Å². The van der Waals surface area contributed by atoms with Gasteiger partial charge in [-0.1, -0.05) is 6.07 Å². The van der Waals surface area contributed by atoms with Gasteiger partial charge in [0, 0.05) is 16.6 Å². The van der Waals surface area contributed by atoms with Crippen LogP contribution in [0.2, 0.25) is 0 Å². The zero-order valence-corrected chi connectivity index (χ0v) is 11.2. The summed E-state index contributed by atoms with van der Waals surface area (Å²) in [6.45, 7) is 5.90. The Bertz CT molecular complexity index is 620. The Hall–Kier alpha value is -1.61. The molecular formula is C15H20N2O. The second kappa shape index (κ2) is 4.58. The molecule has 1 heterocycles. The van der Waals surface area contributed by atoms with E-state index in [0.29, 0.717) is 0 Å². The first kappa shape index (κ1) is 12.8. The van der Waals surface area contributed by atoms with Gasteiger partial charge in [-0.05, 0) is 62.8 Å². The third kappa shape index (κ3) is 2.99. The number of nitrogens with one attached hydrogen (secondary N) is 1. The largest absolute Gasteiger partial charge is 0.326 e. The Morgan fingerprint density at radius 3 is 2.67 bits per heavy atom. The molecule has 3 N–H and O–H groups in total. The molecule has 2 aromatic rings. The molecule has 0 unspecified atom stereocenters. The molecule has 0 saturated heterocycles. The van der Waals surface area contributed by atoms with Crippen molar-refractivity contribution in [3.63, 3.8) is 0 Å². The maximum Gasteiger partial charge on any atom is 0.251 e. The van der Waals surface area contributed by atoms with Crippen molar-refractivity contribution in [3.8, 4) is 0 Å².